The Morgan fingerprint density at radius 3 is 2.68 bits per heavy atom. The summed E-state index contributed by atoms with van der Waals surface area (Å²) in [6.07, 6.45) is 3.98. The molecule has 3 aromatic carbocycles. The lowest BCUT2D eigenvalue weighted by Crippen LogP contribution is -2.28. The first-order valence-electron chi connectivity index (χ1n) is 9.60. The molecule has 0 saturated carbocycles. The molecule has 0 aliphatic carbocycles. The highest BCUT2D eigenvalue weighted by Crippen LogP contribution is 2.42. The number of para-hydroxylation sites is 1. The summed E-state index contributed by atoms with van der Waals surface area (Å²) in [5.74, 6) is 0. The van der Waals surface area contributed by atoms with Gasteiger partial charge in [0.15, 0.2) is 6.20 Å². The number of fused-ring (bicyclic) bond motifs is 7. The molecule has 0 aliphatic heterocycles. The molecule has 0 fully saturated rings. The van der Waals surface area contributed by atoms with Gasteiger partial charge in [-0.3, -0.25) is 0 Å². The summed E-state index contributed by atoms with van der Waals surface area (Å²) < 4.78 is 10.6. The first-order valence-corrected chi connectivity index (χ1v) is 9.60. The third-order valence-corrected chi connectivity index (χ3v) is 6.34. The van der Waals surface area contributed by atoms with Gasteiger partial charge in [0.1, 0.15) is 18.1 Å². The smallest absolute Gasteiger partial charge is 0.238 e. The van der Waals surface area contributed by atoms with Gasteiger partial charge in [0.25, 0.3) is 0 Å². The average molecular weight is 361 g/mol. The molecule has 28 heavy (non-hydrogen) atoms. The van der Waals surface area contributed by atoms with Crippen LogP contribution in [0.1, 0.15) is 5.56 Å². The van der Waals surface area contributed by atoms with Gasteiger partial charge in [-0.25, -0.2) is 0 Å². The Balaban J connectivity index is 2.02. The van der Waals surface area contributed by atoms with Gasteiger partial charge >= 0.3 is 0 Å². The third kappa shape index (κ3) is 1.48. The maximum atomic E-state index is 5.89. The topological polar surface area (TPSA) is 21.4 Å². The molecule has 4 heterocycles. The molecule has 7 rings (SSSR count). The van der Waals surface area contributed by atoms with E-state index in [9.17, 15) is 0 Å². The molecule has 3 nitrogen and oxygen atoms in total. The van der Waals surface area contributed by atoms with Gasteiger partial charge in [0.2, 0.25) is 5.52 Å². The molecule has 0 atom stereocenters. The Hall–Kier alpha value is -3.59. The molecule has 3 heteroatoms. The molecule has 0 N–H and O–H groups in total. The Labute approximate surface area is 160 Å². The van der Waals surface area contributed by atoms with Crippen molar-refractivity contribution in [2.24, 2.45) is 7.05 Å². The zero-order chi connectivity index (χ0) is 18.6. The summed E-state index contributed by atoms with van der Waals surface area (Å²) in [6, 6.07) is 19.7. The van der Waals surface area contributed by atoms with Crippen LogP contribution in [0.2, 0.25) is 0 Å². The maximum Gasteiger partial charge on any atom is 0.238 e. The van der Waals surface area contributed by atoms with E-state index in [1.165, 1.54) is 54.6 Å². The molecule has 0 unspecified atom stereocenters. The maximum absolute atomic E-state index is 5.89. The second kappa shape index (κ2) is 4.63. The highest BCUT2D eigenvalue weighted by molar-refractivity contribution is 6.29. The van der Waals surface area contributed by atoms with Crippen molar-refractivity contribution in [3.63, 3.8) is 0 Å². The minimum absolute atomic E-state index is 0.967. The molecule has 0 bridgehead atoms. The molecule has 0 radical (unpaired) electrons. The number of nitrogens with zero attached hydrogens (tertiary/aromatic N) is 2. The number of rotatable bonds is 0. The van der Waals surface area contributed by atoms with Crippen LogP contribution in [-0.2, 0) is 7.05 Å². The van der Waals surface area contributed by atoms with E-state index in [-0.39, 0.29) is 0 Å². The van der Waals surface area contributed by atoms with E-state index >= 15 is 0 Å². The van der Waals surface area contributed by atoms with E-state index in [0.29, 0.717) is 0 Å². The predicted octanol–water partition coefficient (Wildman–Crippen LogP) is 5.87. The van der Waals surface area contributed by atoms with Crippen LogP contribution in [-0.4, -0.2) is 4.40 Å². The number of benzene rings is 3. The van der Waals surface area contributed by atoms with Gasteiger partial charge in [-0.05, 0) is 30.7 Å². The van der Waals surface area contributed by atoms with Crippen LogP contribution in [0.5, 0.6) is 0 Å². The van der Waals surface area contributed by atoms with E-state index < -0.39 is 0 Å². The summed E-state index contributed by atoms with van der Waals surface area (Å²) in [7, 11) is 2.14. The number of aryl methyl sites for hydroxylation is 2. The Morgan fingerprint density at radius 2 is 1.75 bits per heavy atom. The van der Waals surface area contributed by atoms with E-state index in [4.69, 9.17) is 4.42 Å². The van der Waals surface area contributed by atoms with Crippen LogP contribution in [0, 0.1) is 6.92 Å². The molecule has 0 spiro atoms. The first kappa shape index (κ1) is 14.5. The molecule has 0 aliphatic rings. The van der Waals surface area contributed by atoms with E-state index in [1.54, 1.807) is 6.26 Å². The highest BCUT2D eigenvalue weighted by Gasteiger charge is 2.25. The zero-order valence-corrected chi connectivity index (χ0v) is 15.7. The molecule has 132 valence electrons. The number of hydrogen-bond donors (Lipinski definition) is 0. The quantitative estimate of drug-likeness (QED) is 0.188. The van der Waals surface area contributed by atoms with Crippen molar-refractivity contribution in [2.75, 3.05) is 0 Å². The Morgan fingerprint density at radius 1 is 0.857 bits per heavy atom. The van der Waals surface area contributed by atoms with Crippen LogP contribution < -0.4 is 4.57 Å². The van der Waals surface area contributed by atoms with Gasteiger partial charge in [0.05, 0.1) is 22.7 Å². The summed E-state index contributed by atoms with van der Waals surface area (Å²) in [5, 5.41) is 7.52. The van der Waals surface area contributed by atoms with Crippen molar-refractivity contribution >= 4 is 60.0 Å². The van der Waals surface area contributed by atoms with Crippen LogP contribution in [0.4, 0.5) is 0 Å². The summed E-state index contributed by atoms with van der Waals surface area (Å²) in [4.78, 5) is 0. The minimum atomic E-state index is 0.967. The molecular formula is C25H17N2O+. The highest BCUT2D eigenvalue weighted by atomic mass is 16.3. The predicted molar refractivity (Wildman–Crippen MR) is 114 cm³/mol. The summed E-state index contributed by atoms with van der Waals surface area (Å²) in [5.41, 5.74) is 7.31. The third-order valence-electron chi connectivity index (χ3n) is 6.34. The minimum Gasteiger partial charge on any atom is -0.464 e. The molecule has 7 aromatic rings. The first-order chi connectivity index (χ1) is 13.7. The molecule has 0 saturated heterocycles. The lowest BCUT2D eigenvalue weighted by molar-refractivity contribution is -0.644. The van der Waals surface area contributed by atoms with Crippen molar-refractivity contribution in [2.45, 2.75) is 6.92 Å². The Kier molecular flexibility index (Phi) is 2.39. The normalized spacial score (nSPS) is 12.6. The summed E-state index contributed by atoms with van der Waals surface area (Å²) >= 11 is 0. The van der Waals surface area contributed by atoms with Gasteiger partial charge in [-0.1, -0.05) is 30.3 Å². The van der Waals surface area contributed by atoms with Crippen molar-refractivity contribution < 1.29 is 8.98 Å². The fourth-order valence-corrected chi connectivity index (χ4v) is 5.15. The van der Waals surface area contributed by atoms with Crippen LogP contribution >= 0.6 is 0 Å². The number of pyridine rings is 2. The second-order valence-electron chi connectivity index (χ2n) is 7.80. The summed E-state index contributed by atoms with van der Waals surface area (Å²) in [6.45, 7) is 2.21. The zero-order valence-electron chi connectivity index (χ0n) is 15.7. The lowest BCUT2D eigenvalue weighted by atomic mass is 9.96. The lowest BCUT2D eigenvalue weighted by Gasteiger charge is -2.13. The molecule has 4 aromatic heterocycles. The van der Waals surface area contributed by atoms with Crippen LogP contribution in [0.15, 0.2) is 71.5 Å². The van der Waals surface area contributed by atoms with E-state index in [0.717, 1.165) is 11.0 Å². The van der Waals surface area contributed by atoms with Crippen molar-refractivity contribution in [1.82, 2.24) is 4.40 Å². The van der Waals surface area contributed by atoms with Crippen LogP contribution in [0.3, 0.4) is 0 Å². The largest absolute Gasteiger partial charge is 0.464 e. The number of aromatic nitrogens is 2. The van der Waals surface area contributed by atoms with Crippen LogP contribution in [0.25, 0.3) is 60.0 Å². The van der Waals surface area contributed by atoms with Gasteiger partial charge < -0.3 is 8.82 Å². The van der Waals surface area contributed by atoms with E-state index in [2.05, 4.69) is 83.7 Å². The monoisotopic (exact) mass is 361 g/mol. The average Bonchev–Trinajstić information content (AvgIpc) is 3.31. The fourth-order valence-electron chi connectivity index (χ4n) is 5.15. The van der Waals surface area contributed by atoms with Gasteiger partial charge in [-0.2, -0.15) is 4.57 Å². The van der Waals surface area contributed by atoms with Crippen molar-refractivity contribution in [3.8, 4) is 0 Å². The fraction of sp³-hybridized carbons (Fsp3) is 0.0800. The molecule has 0 amide bonds. The van der Waals surface area contributed by atoms with E-state index in [1.807, 2.05) is 0 Å². The standard InChI is InChI=1S/C25H17N2O/c1-14-7-8-18-22-20(13-15-10-12-28-25(15)18)27-19-6-4-3-5-16(19)17-9-11-26(2)24(21(14)22)23(17)27/h3-13H,1-2H3/q+1. The number of furan rings is 1. The van der Waals surface area contributed by atoms with Crippen molar-refractivity contribution in [1.29, 1.82) is 0 Å². The molecular weight excluding hydrogens is 344 g/mol. The number of hydrogen-bond acceptors (Lipinski definition) is 1. The Bertz CT molecular complexity index is 1720. The second-order valence-corrected chi connectivity index (χ2v) is 7.80. The van der Waals surface area contributed by atoms with Crippen molar-refractivity contribution in [3.05, 3.63) is 72.6 Å². The van der Waals surface area contributed by atoms with Gasteiger partial charge in [-0.15, -0.1) is 0 Å². The van der Waals surface area contributed by atoms with Gasteiger partial charge in [0, 0.05) is 33.0 Å². The SMILES string of the molecule is Cc1ccc2c3occc3cc3c2c1c1c2c(cc[n+]1C)c1ccccc1n32.